The van der Waals surface area contributed by atoms with E-state index in [4.69, 9.17) is 0 Å². The van der Waals surface area contributed by atoms with E-state index >= 15 is 0 Å². The quantitative estimate of drug-likeness (QED) is 0.760. The van der Waals surface area contributed by atoms with Crippen LogP contribution < -0.4 is 10.6 Å². The fourth-order valence-electron chi connectivity index (χ4n) is 3.33. The van der Waals surface area contributed by atoms with E-state index in [0.717, 1.165) is 32.2 Å². The molecule has 0 atom stereocenters. The van der Waals surface area contributed by atoms with Gasteiger partial charge in [0.2, 0.25) is 5.91 Å². The second-order valence-corrected chi connectivity index (χ2v) is 6.83. The van der Waals surface area contributed by atoms with Crippen molar-refractivity contribution in [3.63, 3.8) is 0 Å². The Hall–Kier alpha value is -2.04. The van der Waals surface area contributed by atoms with E-state index in [2.05, 4.69) is 22.8 Å². The zero-order chi connectivity index (χ0) is 17.9. The molecule has 0 bridgehead atoms. The number of aryl methyl sites for hydroxylation is 1. The molecule has 25 heavy (non-hydrogen) atoms. The van der Waals surface area contributed by atoms with Crippen molar-refractivity contribution in [3.05, 3.63) is 35.9 Å². The summed E-state index contributed by atoms with van der Waals surface area (Å²) < 4.78 is 0. The topological polar surface area (TPSA) is 61.4 Å². The summed E-state index contributed by atoms with van der Waals surface area (Å²) in [6, 6.07) is 10.5. The van der Waals surface area contributed by atoms with Gasteiger partial charge in [-0.25, -0.2) is 4.79 Å². The van der Waals surface area contributed by atoms with Gasteiger partial charge in [0.1, 0.15) is 0 Å². The first kappa shape index (κ1) is 19.3. The molecule has 1 aliphatic carbocycles. The monoisotopic (exact) mass is 345 g/mol. The van der Waals surface area contributed by atoms with Crippen LogP contribution in [0.3, 0.4) is 0 Å². The largest absolute Gasteiger partial charge is 0.341 e. The molecule has 1 fully saturated rings. The first-order chi connectivity index (χ1) is 12.1. The van der Waals surface area contributed by atoms with Crippen molar-refractivity contribution < 1.29 is 9.59 Å². The number of carbonyl (C=O) groups excluding carboxylic acids is 2. The Morgan fingerprint density at radius 2 is 1.80 bits per heavy atom. The van der Waals surface area contributed by atoms with Gasteiger partial charge in [0, 0.05) is 32.6 Å². The molecule has 0 saturated heterocycles. The van der Waals surface area contributed by atoms with Gasteiger partial charge in [-0.2, -0.15) is 0 Å². The van der Waals surface area contributed by atoms with Gasteiger partial charge in [0.05, 0.1) is 0 Å². The number of hydrogen-bond acceptors (Lipinski definition) is 2. The zero-order valence-corrected chi connectivity index (χ0v) is 15.3. The minimum atomic E-state index is -0.111. The van der Waals surface area contributed by atoms with Crippen LogP contribution in [0.2, 0.25) is 0 Å². The van der Waals surface area contributed by atoms with E-state index in [9.17, 15) is 9.59 Å². The molecular formula is C20H31N3O2. The SMILES string of the molecule is CC(=O)N(CCCc1ccccc1)CCNC(=O)NC1CCCCC1. The minimum absolute atomic E-state index is 0.0579. The molecule has 1 saturated carbocycles. The molecule has 0 spiro atoms. The summed E-state index contributed by atoms with van der Waals surface area (Å²) in [4.78, 5) is 25.5. The first-order valence-electron chi connectivity index (χ1n) is 9.49. The van der Waals surface area contributed by atoms with Gasteiger partial charge in [-0.1, -0.05) is 49.6 Å². The Balaban J connectivity index is 1.63. The van der Waals surface area contributed by atoms with Crippen molar-refractivity contribution in [2.24, 2.45) is 0 Å². The van der Waals surface area contributed by atoms with Crippen LogP contribution in [0.1, 0.15) is 51.0 Å². The maximum atomic E-state index is 11.9. The van der Waals surface area contributed by atoms with E-state index in [1.54, 1.807) is 6.92 Å². The van der Waals surface area contributed by atoms with Crippen molar-refractivity contribution in [1.29, 1.82) is 0 Å². The highest BCUT2D eigenvalue weighted by atomic mass is 16.2. The Bertz CT molecular complexity index is 527. The number of hydrogen-bond donors (Lipinski definition) is 2. The van der Waals surface area contributed by atoms with E-state index in [0.29, 0.717) is 19.1 Å². The normalized spacial score (nSPS) is 14.8. The van der Waals surface area contributed by atoms with Gasteiger partial charge >= 0.3 is 6.03 Å². The lowest BCUT2D eigenvalue weighted by Crippen LogP contribution is -2.45. The number of nitrogens with one attached hydrogen (secondary N) is 2. The van der Waals surface area contributed by atoms with Crippen molar-refractivity contribution in [2.45, 2.75) is 57.9 Å². The van der Waals surface area contributed by atoms with Gasteiger partial charge in [-0.15, -0.1) is 0 Å². The molecule has 1 aromatic carbocycles. The molecule has 138 valence electrons. The van der Waals surface area contributed by atoms with Crippen molar-refractivity contribution in [3.8, 4) is 0 Å². The van der Waals surface area contributed by atoms with Crippen LogP contribution in [0.4, 0.5) is 4.79 Å². The highest BCUT2D eigenvalue weighted by Gasteiger charge is 2.15. The molecular weight excluding hydrogens is 314 g/mol. The first-order valence-corrected chi connectivity index (χ1v) is 9.49. The molecule has 0 heterocycles. The van der Waals surface area contributed by atoms with Crippen LogP contribution >= 0.6 is 0 Å². The molecule has 0 unspecified atom stereocenters. The maximum absolute atomic E-state index is 11.9. The summed E-state index contributed by atoms with van der Waals surface area (Å²) in [5, 5.41) is 5.91. The van der Waals surface area contributed by atoms with Crippen molar-refractivity contribution in [1.82, 2.24) is 15.5 Å². The van der Waals surface area contributed by atoms with Crippen LogP contribution in [-0.2, 0) is 11.2 Å². The molecule has 1 aliphatic rings. The molecule has 0 aliphatic heterocycles. The van der Waals surface area contributed by atoms with Gasteiger partial charge < -0.3 is 15.5 Å². The highest BCUT2D eigenvalue weighted by molar-refractivity contribution is 5.75. The summed E-state index contributed by atoms with van der Waals surface area (Å²) in [6.45, 7) is 3.35. The zero-order valence-electron chi connectivity index (χ0n) is 15.3. The van der Waals surface area contributed by atoms with Crippen LogP contribution in [0, 0.1) is 0 Å². The summed E-state index contributed by atoms with van der Waals surface area (Å²) in [7, 11) is 0. The Kier molecular flexibility index (Phi) is 8.29. The molecule has 2 rings (SSSR count). The third-order valence-corrected chi connectivity index (χ3v) is 4.79. The van der Waals surface area contributed by atoms with Crippen LogP contribution in [0.15, 0.2) is 30.3 Å². The van der Waals surface area contributed by atoms with Crippen LogP contribution in [0.5, 0.6) is 0 Å². The Morgan fingerprint density at radius 1 is 1.08 bits per heavy atom. The van der Waals surface area contributed by atoms with Gasteiger partial charge in [0.25, 0.3) is 0 Å². The second kappa shape index (κ2) is 10.7. The van der Waals surface area contributed by atoms with E-state index in [-0.39, 0.29) is 11.9 Å². The number of benzene rings is 1. The van der Waals surface area contributed by atoms with Gasteiger partial charge in [0.15, 0.2) is 0 Å². The van der Waals surface area contributed by atoms with Gasteiger partial charge in [-0.05, 0) is 31.2 Å². The molecule has 5 nitrogen and oxygen atoms in total. The molecule has 5 heteroatoms. The lowest BCUT2D eigenvalue weighted by molar-refractivity contribution is -0.128. The maximum Gasteiger partial charge on any atom is 0.315 e. The second-order valence-electron chi connectivity index (χ2n) is 6.83. The van der Waals surface area contributed by atoms with E-state index in [1.807, 2.05) is 23.1 Å². The average molecular weight is 345 g/mol. The molecule has 3 amide bonds. The molecule has 1 aromatic rings. The van der Waals surface area contributed by atoms with Crippen LogP contribution in [0.25, 0.3) is 0 Å². The minimum Gasteiger partial charge on any atom is -0.341 e. The Labute approximate surface area is 151 Å². The number of carbonyl (C=O) groups is 2. The standard InChI is InChI=1S/C20H31N3O2/c1-17(24)23(15-8-11-18-9-4-2-5-10-18)16-14-21-20(25)22-19-12-6-3-7-13-19/h2,4-5,9-10,19H,3,6-8,11-16H2,1H3,(H2,21,22,25). The molecule has 0 aromatic heterocycles. The van der Waals surface area contributed by atoms with E-state index in [1.165, 1.54) is 24.8 Å². The lowest BCUT2D eigenvalue weighted by atomic mass is 9.96. The van der Waals surface area contributed by atoms with Crippen molar-refractivity contribution in [2.75, 3.05) is 19.6 Å². The Morgan fingerprint density at radius 3 is 2.48 bits per heavy atom. The predicted molar refractivity (Wildman–Crippen MR) is 100 cm³/mol. The number of rotatable bonds is 8. The summed E-state index contributed by atoms with van der Waals surface area (Å²) in [5.41, 5.74) is 1.29. The highest BCUT2D eigenvalue weighted by Crippen LogP contribution is 2.17. The molecule has 2 N–H and O–H groups in total. The van der Waals surface area contributed by atoms with Gasteiger partial charge in [-0.3, -0.25) is 4.79 Å². The van der Waals surface area contributed by atoms with E-state index < -0.39 is 0 Å². The predicted octanol–water partition coefficient (Wildman–Crippen LogP) is 3.10. The fraction of sp³-hybridized carbons (Fsp3) is 0.600. The number of urea groups is 1. The number of nitrogens with zero attached hydrogens (tertiary/aromatic N) is 1. The fourth-order valence-corrected chi connectivity index (χ4v) is 3.33. The number of amides is 3. The van der Waals surface area contributed by atoms with Crippen molar-refractivity contribution >= 4 is 11.9 Å². The summed E-state index contributed by atoms with van der Waals surface area (Å²) >= 11 is 0. The van der Waals surface area contributed by atoms with Crippen LogP contribution in [-0.4, -0.2) is 42.5 Å². The smallest absolute Gasteiger partial charge is 0.315 e. The summed E-state index contributed by atoms with van der Waals surface area (Å²) in [6.07, 6.45) is 7.71. The average Bonchev–Trinajstić information content (AvgIpc) is 2.62. The summed E-state index contributed by atoms with van der Waals surface area (Å²) in [5.74, 6) is 0.0579. The lowest BCUT2D eigenvalue weighted by Gasteiger charge is -2.24. The third-order valence-electron chi connectivity index (χ3n) is 4.79. The molecule has 0 radical (unpaired) electrons. The third kappa shape index (κ3) is 7.59.